The number of rotatable bonds is 11. The molecule has 3 aromatic rings. The maximum absolute atomic E-state index is 13.6. The average molecular weight is 559 g/mol. The van der Waals surface area contributed by atoms with E-state index in [-0.39, 0.29) is 31.4 Å². The maximum Gasteiger partial charge on any atom is 0.410 e. The zero-order valence-corrected chi connectivity index (χ0v) is 23.3. The quantitative estimate of drug-likeness (QED) is 0.257. The van der Waals surface area contributed by atoms with E-state index in [1.807, 2.05) is 48.5 Å². The number of methoxy groups -OCH3 is 1. The van der Waals surface area contributed by atoms with Gasteiger partial charge in [0, 0.05) is 17.5 Å². The number of esters is 1. The third kappa shape index (κ3) is 6.51. The molecule has 1 aliphatic carbocycles. The summed E-state index contributed by atoms with van der Waals surface area (Å²) in [5, 5.41) is 13.2. The van der Waals surface area contributed by atoms with E-state index in [1.54, 1.807) is 12.1 Å². The molecule has 3 aromatic carbocycles. The highest BCUT2D eigenvalue weighted by atomic mass is 16.6. The first kappa shape index (κ1) is 29.2. The molecule has 0 heterocycles. The van der Waals surface area contributed by atoms with Crippen LogP contribution < -0.4 is 10.1 Å². The molecule has 41 heavy (non-hydrogen) atoms. The van der Waals surface area contributed by atoms with Gasteiger partial charge in [0.15, 0.2) is 0 Å². The van der Waals surface area contributed by atoms with Gasteiger partial charge in [-0.15, -0.1) is 0 Å². The van der Waals surface area contributed by atoms with Crippen LogP contribution >= 0.6 is 0 Å². The molecule has 0 unspecified atom stereocenters. The van der Waals surface area contributed by atoms with Gasteiger partial charge in [-0.2, -0.15) is 0 Å². The summed E-state index contributed by atoms with van der Waals surface area (Å²) in [6, 6.07) is 18.6. The molecule has 2 atom stereocenters. The summed E-state index contributed by atoms with van der Waals surface area (Å²) in [5.41, 5.74) is 4.68. The van der Waals surface area contributed by atoms with E-state index >= 15 is 0 Å². The van der Waals surface area contributed by atoms with Crippen LogP contribution in [0.3, 0.4) is 0 Å². The van der Waals surface area contributed by atoms with Gasteiger partial charge in [-0.25, -0.2) is 9.59 Å². The molecule has 0 aliphatic heterocycles. The summed E-state index contributed by atoms with van der Waals surface area (Å²) < 4.78 is 16.0. The van der Waals surface area contributed by atoms with Crippen LogP contribution in [-0.4, -0.2) is 60.4 Å². The van der Waals surface area contributed by atoms with Crippen molar-refractivity contribution in [3.8, 4) is 22.6 Å². The summed E-state index contributed by atoms with van der Waals surface area (Å²) in [4.78, 5) is 40.1. The Morgan fingerprint density at radius 2 is 1.63 bits per heavy atom. The number of hydrogen-bond acceptors (Lipinski definition) is 7. The first-order chi connectivity index (χ1) is 19.7. The predicted octanol–water partition coefficient (Wildman–Crippen LogP) is 4.77. The van der Waals surface area contributed by atoms with Crippen molar-refractivity contribution >= 4 is 18.0 Å². The van der Waals surface area contributed by atoms with E-state index in [2.05, 4.69) is 11.9 Å². The number of amides is 2. The number of carbonyl (C=O) groups excluding carboxylic acids is 3. The number of phenolic OH excluding ortho intramolecular Hbond substituents is 1. The molecule has 0 bridgehead atoms. The van der Waals surface area contributed by atoms with Crippen LogP contribution in [0.1, 0.15) is 36.5 Å². The van der Waals surface area contributed by atoms with Crippen molar-refractivity contribution in [2.45, 2.75) is 38.4 Å². The van der Waals surface area contributed by atoms with Crippen molar-refractivity contribution in [2.75, 3.05) is 20.3 Å². The number of aromatic hydroxyl groups is 1. The second-order valence-electron chi connectivity index (χ2n) is 9.75. The van der Waals surface area contributed by atoms with Gasteiger partial charge in [-0.3, -0.25) is 9.69 Å². The van der Waals surface area contributed by atoms with E-state index in [1.165, 1.54) is 38.0 Å². The van der Waals surface area contributed by atoms with Gasteiger partial charge in [-0.05, 0) is 48.2 Å². The molecule has 2 N–H and O–H groups in total. The molecule has 0 aromatic heterocycles. The van der Waals surface area contributed by atoms with Gasteiger partial charge in [0.2, 0.25) is 5.91 Å². The Kier molecular flexibility index (Phi) is 9.29. The lowest BCUT2D eigenvalue weighted by atomic mass is 9.98. The van der Waals surface area contributed by atoms with E-state index in [4.69, 9.17) is 14.2 Å². The maximum atomic E-state index is 13.6. The van der Waals surface area contributed by atoms with Crippen LogP contribution in [0, 0.1) is 0 Å². The first-order valence-corrected chi connectivity index (χ1v) is 13.3. The zero-order valence-electron chi connectivity index (χ0n) is 23.3. The summed E-state index contributed by atoms with van der Waals surface area (Å²) in [6.45, 7) is 6.45. The Morgan fingerprint density at radius 3 is 2.22 bits per heavy atom. The number of phenols is 1. The zero-order chi connectivity index (χ0) is 29.5. The minimum Gasteiger partial charge on any atom is -0.507 e. The molecular weight excluding hydrogens is 524 g/mol. The van der Waals surface area contributed by atoms with Crippen molar-refractivity contribution in [3.05, 3.63) is 96.1 Å². The number of ether oxygens (including phenoxy) is 3. The Morgan fingerprint density at radius 1 is 1.00 bits per heavy atom. The van der Waals surface area contributed by atoms with Crippen molar-refractivity contribution in [1.29, 1.82) is 0 Å². The number of carbonyl (C=O) groups is 3. The lowest BCUT2D eigenvalue weighted by Crippen LogP contribution is -2.51. The lowest BCUT2D eigenvalue weighted by Gasteiger charge is -2.29. The monoisotopic (exact) mass is 558 g/mol. The summed E-state index contributed by atoms with van der Waals surface area (Å²) in [7, 11) is 1.48. The highest BCUT2D eigenvalue weighted by Gasteiger charge is 2.33. The normalized spacial score (nSPS) is 13.2. The third-order valence-corrected chi connectivity index (χ3v) is 7.11. The molecule has 9 nitrogen and oxygen atoms in total. The van der Waals surface area contributed by atoms with Crippen LogP contribution in [-0.2, 0) is 25.6 Å². The van der Waals surface area contributed by atoms with Crippen LogP contribution in [0.5, 0.6) is 11.5 Å². The van der Waals surface area contributed by atoms with Gasteiger partial charge in [0.25, 0.3) is 0 Å². The fraction of sp³-hybridized carbons (Fsp3) is 0.281. The summed E-state index contributed by atoms with van der Waals surface area (Å²) in [6.07, 6.45) is 0.682. The Balaban J connectivity index is 1.55. The van der Waals surface area contributed by atoms with Crippen molar-refractivity contribution in [1.82, 2.24) is 10.2 Å². The standard InChI is InChI=1S/C32H34N2O7/c1-5-16-40-31(37)20(2)33-30(36)21(3)34(18-22-14-15-23(39-4)17-29(22)35)32(38)41-19-28-26-12-8-6-10-24(26)25-11-7-9-13-27(25)28/h5-15,17,20-21,28,35H,1,16,18-19H2,2-4H3,(H,33,36)/t20-,21-/m0/s1. The van der Waals surface area contributed by atoms with Gasteiger partial charge >= 0.3 is 12.1 Å². The van der Waals surface area contributed by atoms with Crippen LogP contribution in [0.2, 0.25) is 0 Å². The SMILES string of the molecule is C=CCOC(=O)[C@H](C)NC(=O)[C@H](C)N(Cc1ccc(OC)cc1O)C(=O)OCC1c2ccccc2-c2ccccc21. The topological polar surface area (TPSA) is 114 Å². The summed E-state index contributed by atoms with van der Waals surface area (Å²) in [5.74, 6) is -1.06. The number of fused-ring (bicyclic) bond motifs is 3. The molecular formula is C32H34N2O7. The minimum absolute atomic E-state index is 0.0111. The number of nitrogens with zero attached hydrogens (tertiary/aromatic N) is 1. The minimum atomic E-state index is -1.05. The molecule has 2 amide bonds. The second kappa shape index (κ2) is 13.0. The van der Waals surface area contributed by atoms with Gasteiger partial charge in [-0.1, -0.05) is 61.2 Å². The molecule has 0 fully saturated rings. The Labute approximate surface area is 239 Å². The number of hydrogen-bond donors (Lipinski definition) is 2. The Bertz CT molecular complexity index is 1390. The van der Waals surface area contributed by atoms with Crippen molar-refractivity contribution in [2.24, 2.45) is 0 Å². The van der Waals surface area contributed by atoms with Crippen LogP contribution in [0.4, 0.5) is 4.79 Å². The molecule has 0 radical (unpaired) electrons. The predicted molar refractivity (Wildman–Crippen MR) is 153 cm³/mol. The van der Waals surface area contributed by atoms with Gasteiger partial charge in [0.1, 0.15) is 36.8 Å². The molecule has 9 heteroatoms. The first-order valence-electron chi connectivity index (χ1n) is 13.3. The molecule has 214 valence electrons. The largest absolute Gasteiger partial charge is 0.507 e. The molecule has 0 spiro atoms. The lowest BCUT2D eigenvalue weighted by molar-refractivity contribution is -0.146. The molecule has 1 aliphatic rings. The molecule has 0 saturated carbocycles. The van der Waals surface area contributed by atoms with E-state index < -0.39 is 30.1 Å². The van der Waals surface area contributed by atoms with Crippen molar-refractivity contribution < 1.29 is 33.7 Å². The van der Waals surface area contributed by atoms with Gasteiger partial charge < -0.3 is 24.6 Å². The van der Waals surface area contributed by atoms with Crippen LogP contribution in [0.25, 0.3) is 11.1 Å². The van der Waals surface area contributed by atoms with Gasteiger partial charge in [0.05, 0.1) is 13.7 Å². The molecule has 4 rings (SSSR count). The number of nitrogens with one attached hydrogen (secondary N) is 1. The Hall–Kier alpha value is -4.79. The summed E-state index contributed by atoms with van der Waals surface area (Å²) >= 11 is 0. The average Bonchev–Trinajstić information content (AvgIpc) is 3.31. The van der Waals surface area contributed by atoms with Crippen LogP contribution in [0.15, 0.2) is 79.4 Å². The van der Waals surface area contributed by atoms with Crippen molar-refractivity contribution in [3.63, 3.8) is 0 Å². The highest BCUT2D eigenvalue weighted by molar-refractivity contribution is 5.89. The number of benzene rings is 3. The van der Waals surface area contributed by atoms with E-state index in [0.29, 0.717) is 11.3 Å². The second-order valence-corrected chi connectivity index (χ2v) is 9.75. The highest BCUT2D eigenvalue weighted by Crippen LogP contribution is 2.44. The smallest absolute Gasteiger partial charge is 0.410 e. The third-order valence-electron chi connectivity index (χ3n) is 7.11. The van der Waals surface area contributed by atoms with E-state index in [9.17, 15) is 19.5 Å². The fourth-order valence-corrected chi connectivity index (χ4v) is 4.82. The van der Waals surface area contributed by atoms with E-state index in [0.717, 1.165) is 22.3 Å². The fourth-order valence-electron chi connectivity index (χ4n) is 4.82. The molecule has 0 saturated heterocycles.